The van der Waals surface area contributed by atoms with Gasteiger partial charge in [0.1, 0.15) is 5.69 Å². The SMILES string of the molecule is CN=C(NCCNc1nccc(C(F)(F)F)n1)NC1CCC(C)CC1. The largest absolute Gasteiger partial charge is 0.433 e. The van der Waals surface area contributed by atoms with Gasteiger partial charge in [-0.25, -0.2) is 9.97 Å². The van der Waals surface area contributed by atoms with Crippen LogP contribution in [0.4, 0.5) is 19.1 Å². The van der Waals surface area contributed by atoms with Gasteiger partial charge in [-0.3, -0.25) is 4.99 Å². The van der Waals surface area contributed by atoms with Gasteiger partial charge in [0, 0.05) is 32.4 Å². The molecule has 1 aliphatic carbocycles. The number of alkyl halides is 3. The summed E-state index contributed by atoms with van der Waals surface area (Å²) in [6, 6.07) is 1.27. The van der Waals surface area contributed by atoms with Crippen molar-refractivity contribution >= 4 is 11.9 Å². The summed E-state index contributed by atoms with van der Waals surface area (Å²) in [6.07, 6.45) is 1.29. The molecule has 0 saturated heterocycles. The van der Waals surface area contributed by atoms with Crippen molar-refractivity contribution in [2.24, 2.45) is 10.9 Å². The Morgan fingerprint density at radius 1 is 1.24 bits per heavy atom. The van der Waals surface area contributed by atoms with Crippen molar-refractivity contribution in [2.75, 3.05) is 25.5 Å². The number of nitrogens with zero attached hydrogens (tertiary/aromatic N) is 3. The van der Waals surface area contributed by atoms with E-state index in [4.69, 9.17) is 0 Å². The Morgan fingerprint density at radius 2 is 1.96 bits per heavy atom. The van der Waals surface area contributed by atoms with E-state index in [1.807, 2.05) is 0 Å². The standard InChI is InChI=1S/C16H25F3N6/c1-11-3-5-12(6-4-11)24-14(20-2)22-9-10-23-15-21-8-7-13(25-15)16(17,18)19/h7-8,11-12H,3-6,9-10H2,1-2H3,(H2,20,22,24)(H,21,23,25). The van der Waals surface area contributed by atoms with E-state index in [9.17, 15) is 13.2 Å². The number of aliphatic imine (C=N–C) groups is 1. The molecule has 1 aromatic heterocycles. The second-order valence-electron chi connectivity index (χ2n) is 6.29. The molecule has 0 aromatic carbocycles. The van der Waals surface area contributed by atoms with Gasteiger partial charge in [0.15, 0.2) is 5.96 Å². The molecule has 9 heteroatoms. The zero-order valence-electron chi connectivity index (χ0n) is 14.5. The van der Waals surface area contributed by atoms with Gasteiger partial charge in [-0.05, 0) is 37.7 Å². The quantitative estimate of drug-likeness (QED) is 0.429. The molecular weight excluding hydrogens is 333 g/mol. The molecule has 140 valence electrons. The van der Waals surface area contributed by atoms with E-state index in [-0.39, 0.29) is 5.95 Å². The monoisotopic (exact) mass is 358 g/mol. The average molecular weight is 358 g/mol. The maximum absolute atomic E-state index is 12.6. The van der Waals surface area contributed by atoms with Gasteiger partial charge in [0.25, 0.3) is 0 Å². The molecule has 1 saturated carbocycles. The summed E-state index contributed by atoms with van der Waals surface area (Å²) in [7, 11) is 1.70. The number of aromatic nitrogens is 2. The number of hydrogen-bond acceptors (Lipinski definition) is 4. The Hall–Kier alpha value is -2.06. The van der Waals surface area contributed by atoms with Gasteiger partial charge in [0.05, 0.1) is 0 Å². The first-order chi connectivity index (χ1) is 11.9. The fourth-order valence-corrected chi connectivity index (χ4v) is 2.75. The van der Waals surface area contributed by atoms with Crippen molar-refractivity contribution < 1.29 is 13.2 Å². The number of guanidine groups is 1. The van der Waals surface area contributed by atoms with Crippen LogP contribution in [0.3, 0.4) is 0 Å². The van der Waals surface area contributed by atoms with Crippen molar-refractivity contribution in [3.8, 4) is 0 Å². The number of nitrogens with one attached hydrogen (secondary N) is 3. The minimum atomic E-state index is -4.47. The predicted molar refractivity (Wildman–Crippen MR) is 91.4 cm³/mol. The summed E-state index contributed by atoms with van der Waals surface area (Å²) in [5, 5.41) is 9.31. The van der Waals surface area contributed by atoms with Crippen LogP contribution in [0.25, 0.3) is 0 Å². The normalized spacial score (nSPS) is 21.7. The summed E-state index contributed by atoms with van der Waals surface area (Å²) < 4.78 is 37.8. The van der Waals surface area contributed by atoms with E-state index in [1.165, 1.54) is 12.8 Å². The summed E-state index contributed by atoms with van der Waals surface area (Å²) in [4.78, 5) is 11.4. The van der Waals surface area contributed by atoms with E-state index >= 15 is 0 Å². The highest BCUT2D eigenvalue weighted by molar-refractivity contribution is 5.79. The Labute approximate surface area is 145 Å². The molecule has 0 amide bonds. The van der Waals surface area contributed by atoms with E-state index in [1.54, 1.807) is 7.05 Å². The van der Waals surface area contributed by atoms with Crippen molar-refractivity contribution in [2.45, 2.75) is 44.8 Å². The fraction of sp³-hybridized carbons (Fsp3) is 0.688. The van der Waals surface area contributed by atoms with Crippen LogP contribution >= 0.6 is 0 Å². The third-order valence-electron chi connectivity index (χ3n) is 4.23. The van der Waals surface area contributed by atoms with Crippen LogP contribution in [-0.2, 0) is 6.18 Å². The van der Waals surface area contributed by atoms with Crippen LogP contribution in [0.5, 0.6) is 0 Å². The van der Waals surface area contributed by atoms with Crippen LogP contribution in [-0.4, -0.2) is 42.1 Å². The van der Waals surface area contributed by atoms with Crippen LogP contribution < -0.4 is 16.0 Å². The van der Waals surface area contributed by atoms with E-state index in [2.05, 4.69) is 37.8 Å². The lowest BCUT2D eigenvalue weighted by atomic mass is 9.87. The van der Waals surface area contributed by atoms with Gasteiger partial charge in [-0.2, -0.15) is 13.2 Å². The van der Waals surface area contributed by atoms with Crippen molar-refractivity contribution in [1.29, 1.82) is 0 Å². The van der Waals surface area contributed by atoms with E-state index < -0.39 is 11.9 Å². The summed E-state index contributed by atoms with van der Waals surface area (Å²) in [5.41, 5.74) is -0.957. The predicted octanol–water partition coefficient (Wildman–Crippen LogP) is 2.65. The van der Waals surface area contributed by atoms with Crippen molar-refractivity contribution in [3.63, 3.8) is 0 Å². The minimum absolute atomic E-state index is 0.0409. The van der Waals surface area contributed by atoms with Crippen LogP contribution in [0, 0.1) is 5.92 Å². The molecule has 6 nitrogen and oxygen atoms in total. The molecule has 0 atom stereocenters. The van der Waals surface area contributed by atoms with Crippen molar-refractivity contribution in [1.82, 2.24) is 20.6 Å². The maximum Gasteiger partial charge on any atom is 0.433 e. The van der Waals surface area contributed by atoms with Gasteiger partial charge < -0.3 is 16.0 Å². The molecule has 0 spiro atoms. The van der Waals surface area contributed by atoms with Gasteiger partial charge >= 0.3 is 6.18 Å². The zero-order valence-corrected chi connectivity index (χ0v) is 14.5. The smallest absolute Gasteiger partial charge is 0.355 e. The average Bonchev–Trinajstić information content (AvgIpc) is 2.59. The van der Waals surface area contributed by atoms with Crippen LogP contribution in [0.2, 0.25) is 0 Å². The summed E-state index contributed by atoms with van der Waals surface area (Å²) >= 11 is 0. The molecule has 1 fully saturated rings. The summed E-state index contributed by atoms with van der Waals surface area (Å²) in [5.74, 6) is 1.44. The number of anilines is 1. The molecule has 25 heavy (non-hydrogen) atoms. The van der Waals surface area contributed by atoms with Gasteiger partial charge in [0.2, 0.25) is 5.95 Å². The highest BCUT2D eigenvalue weighted by Gasteiger charge is 2.32. The van der Waals surface area contributed by atoms with Crippen LogP contribution in [0.1, 0.15) is 38.3 Å². The lowest BCUT2D eigenvalue weighted by Crippen LogP contribution is -2.45. The first-order valence-corrected chi connectivity index (χ1v) is 8.49. The van der Waals surface area contributed by atoms with Gasteiger partial charge in [-0.15, -0.1) is 0 Å². The van der Waals surface area contributed by atoms with E-state index in [0.29, 0.717) is 25.1 Å². The number of halogens is 3. The maximum atomic E-state index is 12.6. The fourth-order valence-electron chi connectivity index (χ4n) is 2.75. The molecule has 2 rings (SSSR count). The third-order valence-corrected chi connectivity index (χ3v) is 4.23. The summed E-state index contributed by atoms with van der Waals surface area (Å²) in [6.45, 7) is 3.14. The Bertz CT molecular complexity index is 567. The molecule has 3 N–H and O–H groups in total. The second kappa shape index (κ2) is 8.87. The lowest BCUT2D eigenvalue weighted by molar-refractivity contribution is -0.141. The highest BCUT2D eigenvalue weighted by atomic mass is 19.4. The Balaban J connectivity index is 1.72. The molecule has 1 aromatic rings. The highest BCUT2D eigenvalue weighted by Crippen LogP contribution is 2.27. The third kappa shape index (κ3) is 6.39. The van der Waals surface area contributed by atoms with Crippen molar-refractivity contribution in [3.05, 3.63) is 18.0 Å². The Kier molecular flexibility index (Phi) is 6.83. The lowest BCUT2D eigenvalue weighted by Gasteiger charge is -2.28. The number of hydrogen-bond donors (Lipinski definition) is 3. The topological polar surface area (TPSA) is 74.2 Å². The minimum Gasteiger partial charge on any atom is -0.355 e. The molecule has 0 bridgehead atoms. The first kappa shape index (κ1) is 19.3. The van der Waals surface area contributed by atoms with Crippen LogP contribution in [0.15, 0.2) is 17.3 Å². The second-order valence-corrected chi connectivity index (χ2v) is 6.29. The molecule has 0 unspecified atom stereocenters. The van der Waals surface area contributed by atoms with Gasteiger partial charge in [-0.1, -0.05) is 6.92 Å². The molecule has 0 aliphatic heterocycles. The molecule has 0 radical (unpaired) electrons. The molecular formula is C16H25F3N6. The number of rotatable bonds is 5. The Morgan fingerprint density at radius 3 is 2.60 bits per heavy atom. The molecule has 1 aliphatic rings. The van der Waals surface area contributed by atoms with E-state index in [0.717, 1.165) is 31.0 Å². The zero-order chi connectivity index (χ0) is 18.3. The first-order valence-electron chi connectivity index (χ1n) is 8.49. The molecule has 1 heterocycles.